The van der Waals surface area contributed by atoms with E-state index in [1.54, 1.807) is 36.4 Å². The van der Waals surface area contributed by atoms with Crippen LogP contribution < -0.4 is 19.1 Å². The molecule has 3 aromatic carbocycles. The Kier molecular flexibility index (Phi) is 10.7. The zero-order valence-corrected chi connectivity index (χ0v) is 27.5. The molecule has 3 aromatic rings. The Hall–Kier alpha value is -3.47. The Morgan fingerprint density at radius 2 is 1.68 bits per heavy atom. The summed E-state index contributed by atoms with van der Waals surface area (Å²) in [5, 5.41) is 3.85. The highest BCUT2D eigenvalue weighted by atomic mass is 35.5. The predicted molar refractivity (Wildman–Crippen MR) is 173 cm³/mol. The van der Waals surface area contributed by atoms with E-state index in [9.17, 15) is 18.0 Å². The molecule has 12 heteroatoms. The number of sulfonamides is 1. The van der Waals surface area contributed by atoms with Gasteiger partial charge in [0.1, 0.15) is 6.04 Å². The molecule has 0 saturated carbocycles. The van der Waals surface area contributed by atoms with Crippen LogP contribution in [0, 0.1) is 0 Å². The van der Waals surface area contributed by atoms with Gasteiger partial charge in [-0.15, -0.1) is 0 Å². The maximum atomic E-state index is 14.0. The third kappa shape index (κ3) is 9.03. The van der Waals surface area contributed by atoms with Crippen LogP contribution in [0.4, 0.5) is 5.69 Å². The standard InChI is InChI=1S/C32H37Cl2N3O6S/c1-32(2,3)35-31(39)27(17-22-9-6-5-7-10-22)36(20-23-12-13-24(33)18-26(23)34)30(38)11-8-16-37(44(4,40)41)25-14-15-28-29(19-25)43-21-42-28/h5-7,9-10,12-15,18-19,27H,8,11,16-17,20-21H2,1-4H3,(H,35,39)/t27-/m0/s1. The summed E-state index contributed by atoms with van der Waals surface area (Å²) in [4.78, 5) is 29.3. The number of anilines is 1. The Morgan fingerprint density at radius 1 is 0.977 bits per heavy atom. The van der Waals surface area contributed by atoms with E-state index in [4.69, 9.17) is 32.7 Å². The Balaban J connectivity index is 1.61. The minimum absolute atomic E-state index is 0.0180. The monoisotopic (exact) mass is 661 g/mol. The van der Waals surface area contributed by atoms with Crippen LogP contribution in [0.1, 0.15) is 44.7 Å². The molecular formula is C32H37Cl2N3O6S. The van der Waals surface area contributed by atoms with E-state index in [1.165, 1.54) is 9.21 Å². The molecule has 4 rings (SSSR count). The van der Waals surface area contributed by atoms with Gasteiger partial charge in [-0.05, 0) is 62.6 Å². The molecule has 1 aliphatic heterocycles. The van der Waals surface area contributed by atoms with Crippen LogP contribution in [0.5, 0.6) is 11.5 Å². The first kappa shape index (κ1) is 33.4. The molecular weight excluding hydrogens is 625 g/mol. The van der Waals surface area contributed by atoms with Crippen molar-refractivity contribution in [2.75, 3.05) is 23.9 Å². The molecule has 0 aliphatic carbocycles. The summed E-state index contributed by atoms with van der Waals surface area (Å²) >= 11 is 12.6. The number of fused-ring (bicyclic) bond motifs is 1. The highest BCUT2D eigenvalue weighted by molar-refractivity contribution is 7.92. The van der Waals surface area contributed by atoms with Crippen LogP contribution in [0.3, 0.4) is 0 Å². The molecule has 1 N–H and O–H groups in total. The van der Waals surface area contributed by atoms with E-state index in [2.05, 4.69) is 5.32 Å². The van der Waals surface area contributed by atoms with Crippen molar-refractivity contribution in [3.05, 3.63) is 87.9 Å². The number of halogens is 2. The number of ether oxygens (including phenoxy) is 2. The van der Waals surface area contributed by atoms with Gasteiger partial charge < -0.3 is 19.7 Å². The predicted octanol–water partition coefficient (Wildman–Crippen LogP) is 5.82. The van der Waals surface area contributed by atoms with Crippen molar-refractivity contribution in [2.24, 2.45) is 0 Å². The molecule has 0 aromatic heterocycles. The van der Waals surface area contributed by atoms with Gasteiger partial charge in [-0.3, -0.25) is 13.9 Å². The minimum atomic E-state index is -3.68. The molecule has 2 amide bonds. The fourth-order valence-corrected chi connectivity index (χ4v) is 6.31. The number of carbonyl (C=O) groups excluding carboxylic acids is 2. The lowest BCUT2D eigenvalue weighted by Gasteiger charge is -2.34. The van der Waals surface area contributed by atoms with E-state index in [1.807, 2.05) is 51.1 Å². The second-order valence-electron chi connectivity index (χ2n) is 11.7. The number of hydrogen-bond acceptors (Lipinski definition) is 6. The van der Waals surface area contributed by atoms with E-state index in [0.29, 0.717) is 32.8 Å². The van der Waals surface area contributed by atoms with E-state index >= 15 is 0 Å². The fraction of sp³-hybridized carbons (Fsp3) is 0.375. The minimum Gasteiger partial charge on any atom is -0.454 e. The first-order chi connectivity index (χ1) is 20.7. The van der Waals surface area contributed by atoms with Gasteiger partial charge in [-0.25, -0.2) is 8.42 Å². The van der Waals surface area contributed by atoms with Gasteiger partial charge in [0, 0.05) is 47.6 Å². The summed E-state index contributed by atoms with van der Waals surface area (Å²) in [7, 11) is -3.68. The Morgan fingerprint density at radius 3 is 2.34 bits per heavy atom. The Bertz CT molecular complexity index is 1600. The maximum absolute atomic E-state index is 14.0. The van der Waals surface area contributed by atoms with Crippen molar-refractivity contribution >= 4 is 50.7 Å². The summed E-state index contributed by atoms with van der Waals surface area (Å²) in [6.45, 7) is 5.79. The van der Waals surface area contributed by atoms with E-state index in [0.717, 1.165) is 11.8 Å². The third-order valence-corrected chi connectivity index (χ3v) is 8.70. The van der Waals surface area contributed by atoms with Crippen molar-refractivity contribution in [3.63, 3.8) is 0 Å². The van der Waals surface area contributed by atoms with Crippen LogP contribution in [0.15, 0.2) is 66.7 Å². The van der Waals surface area contributed by atoms with E-state index in [-0.39, 0.29) is 51.0 Å². The van der Waals surface area contributed by atoms with Gasteiger partial charge in [-0.2, -0.15) is 0 Å². The molecule has 9 nitrogen and oxygen atoms in total. The summed E-state index contributed by atoms with van der Waals surface area (Å²) in [5.74, 6) is 0.358. The highest BCUT2D eigenvalue weighted by Crippen LogP contribution is 2.36. The molecule has 0 saturated heterocycles. The number of amides is 2. The zero-order chi connectivity index (χ0) is 32.1. The molecule has 0 unspecified atom stereocenters. The van der Waals surface area contributed by atoms with Gasteiger partial charge >= 0.3 is 0 Å². The molecule has 1 aliphatic rings. The normalized spacial score (nSPS) is 13.3. The first-order valence-electron chi connectivity index (χ1n) is 14.2. The molecule has 236 valence electrons. The topological polar surface area (TPSA) is 105 Å². The lowest BCUT2D eigenvalue weighted by Crippen LogP contribution is -2.54. The van der Waals surface area contributed by atoms with Gasteiger partial charge in [0.25, 0.3) is 0 Å². The molecule has 0 spiro atoms. The van der Waals surface area contributed by atoms with Gasteiger partial charge in [0.15, 0.2) is 11.5 Å². The average molecular weight is 663 g/mol. The smallest absolute Gasteiger partial charge is 0.243 e. The number of benzene rings is 3. The van der Waals surface area contributed by atoms with Crippen LogP contribution in [-0.4, -0.2) is 56.3 Å². The lowest BCUT2D eigenvalue weighted by atomic mass is 10.00. The Labute approximate surface area is 269 Å². The van der Waals surface area contributed by atoms with Crippen LogP contribution in [0.25, 0.3) is 0 Å². The van der Waals surface area contributed by atoms with Gasteiger partial charge in [-0.1, -0.05) is 59.6 Å². The third-order valence-electron chi connectivity index (χ3n) is 6.92. The number of nitrogens with one attached hydrogen (secondary N) is 1. The largest absolute Gasteiger partial charge is 0.454 e. The molecule has 44 heavy (non-hydrogen) atoms. The molecule has 1 heterocycles. The molecule has 1 atom stereocenters. The number of nitrogens with zero attached hydrogens (tertiary/aromatic N) is 2. The summed E-state index contributed by atoms with van der Waals surface area (Å²) < 4.78 is 37.5. The van der Waals surface area contributed by atoms with Crippen molar-refractivity contribution in [1.82, 2.24) is 10.2 Å². The van der Waals surface area contributed by atoms with Crippen molar-refractivity contribution in [1.29, 1.82) is 0 Å². The van der Waals surface area contributed by atoms with Crippen LogP contribution in [0.2, 0.25) is 10.0 Å². The lowest BCUT2D eigenvalue weighted by molar-refractivity contribution is -0.142. The second kappa shape index (κ2) is 14.1. The molecule has 0 radical (unpaired) electrons. The van der Waals surface area contributed by atoms with Crippen molar-refractivity contribution in [3.8, 4) is 11.5 Å². The number of carbonyl (C=O) groups is 2. The van der Waals surface area contributed by atoms with E-state index < -0.39 is 21.6 Å². The summed E-state index contributed by atoms with van der Waals surface area (Å²) in [5.41, 5.74) is 1.37. The van der Waals surface area contributed by atoms with Crippen LogP contribution in [-0.2, 0) is 32.6 Å². The second-order valence-corrected chi connectivity index (χ2v) is 14.4. The highest BCUT2D eigenvalue weighted by Gasteiger charge is 2.33. The zero-order valence-electron chi connectivity index (χ0n) is 25.2. The summed E-state index contributed by atoms with van der Waals surface area (Å²) in [6, 6.07) is 18.5. The van der Waals surface area contributed by atoms with Crippen LogP contribution >= 0.6 is 23.2 Å². The quantitative estimate of drug-likeness (QED) is 0.262. The average Bonchev–Trinajstić information content (AvgIpc) is 3.41. The number of hydrogen-bond donors (Lipinski definition) is 1. The first-order valence-corrected chi connectivity index (χ1v) is 16.8. The summed E-state index contributed by atoms with van der Waals surface area (Å²) in [6.07, 6.45) is 1.56. The van der Waals surface area contributed by atoms with Gasteiger partial charge in [0.05, 0.1) is 11.9 Å². The SMILES string of the molecule is CC(C)(C)NC(=O)[C@H](Cc1ccccc1)N(Cc1ccc(Cl)cc1Cl)C(=O)CCCN(c1ccc2c(c1)OCO2)S(C)(=O)=O. The maximum Gasteiger partial charge on any atom is 0.243 e. The fourth-order valence-electron chi connectivity index (χ4n) is 4.88. The molecule has 0 bridgehead atoms. The van der Waals surface area contributed by atoms with Crippen molar-refractivity contribution in [2.45, 2.75) is 58.2 Å². The van der Waals surface area contributed by atoms with Gasteiger partial charge in [0.2, 0.25) is 28.6 Å². The molecule has 0 fully saturated rings. The van der Waals surface area contributed by atoms with Crippen molar-refractivity contribution < 1.29 is 27.5 Å². The number of rotatable bonds is 12.